The Morgan fingerprint density at radius 3 is 2.39 bits per heavy atom. The van der Waals surface area contributed by atoms with Crippen LogP contribution < -0.4 is 0 Å². The molecule has 0 aromatic heterocycles. The van der Waals surface area contributed by atoms with E-state index in [1.54, 1.807) is 27.7 Å². The molecule has 8 atom stereocenters. The fraction of sp³-hybridized carbons (Fsp3) is 0.815. The van der Waals surface area contributed by atoms with Crippen molar-refractivity contribution < 1.29 is 47.5 Å². The van der Waals surface area contributed by atoms with Gasteiger partial charge >= 0.3 is 12.1 Å². The molecule has 1 fully saturated rings. The summed E-state index contributed by atoms with van der Waals surface area (Å²) >= 11 is 0. The third-order valence-electron chi connectivity index (χ3n) is 7.20. The summed E-state index contributed by atoms with van der Waals surface area (Å²) in [6.45, 7) is 12.3. The Bertz CT molecular complexity index is 887. The summed E-state index contributed by atoms with van der Waals surface area (Å²) in [7, 11) is 6.54. The number of nitrogens with zero attached hydrogens (tertiary/aromatic N) is 1. The van der Waals surface area contributed by atoms with Crippen molar-refractivity contribution in [3.63, 3.8) is 0 Å². The lowest BCUT2D eigenvalue weighted by molar-refractivity contribution is -0.299. The van der Waals surface area contributed by atoms with Crippen molar-refractivity contribution in [2.24, 2.45) is 11.8 Å². The number of methoxy groups -OCH3 is 2. The molecule has 38 heavy (non-hydrogen) atoms. The number of aldehydes is 1. The summed E-state index contributed by atoms with van der Waals surface area (Å²) < 4.78 is 40.8. The van der Waals surface area contributed by atoms with Crippen molar-refractivity contribution in [1.82, 2.24) is 4.90 Å². The zero-order valence-electron chi connectivity index (χ0n) is 24.6. The van der Waals surface area contributed by atoms with Crippen LogP contribution in [0.2, 0.25) is 0 Å². The molecule has 2 aliphatic rings. The highest BCUT2D eigenvalue weighted by Crippen LogP contribution is 2.40. The molecular formula is C27H45NO10. The SMILES string of the molecule is COC(=O)O[C@H]1[C@H](O[C@H]([C@@H](C)C2=C(C)C(=O)OC(C)(C)O2)[C@](C)(C[C@@H](C)C=O)OC)O[C@H](C)C[C@@H]1N(C)C. The Hall–Kier alpha value is -2.21. The van der Waals surface area contributed by atoms with E-state index in [2.05, 4.69) is 0 Å². The quantitative estimate of drug-likeness (QED) is 0.282. The van der Waals surface area contributed by atoms with Crippen molar-refractivity contribution >= 4 is 18.4 Å². The second-order valence-corrected chi connectivity index (χ2v) is 11.2. The minimum absolute atomic E-state index is 0.218. The van der Waals surface area contributed by atoms with Crippen molar-refractivity contribution in [2.75, 3.05) is 28.3 Å². The lowest BCUT2D eigenvalue weighted by Gasteiger charge is -2.48. The van der Waals surface area contributed by atoms with E-state index in [0.29, 0.717) is 24.2 Å². The molecule has 0 aliphatic carbocycles. The Labute approximate surface area is 226 Å². The zero-order chi connectivity index (χ0) is 29.0. The smallest absolute Gasteiger partial charge is 0.456 e. The number of ether oxygens (including phenoxy) is 7. The van der Waals surface area contributed by atoms with Crippen molar-refractivity contribution in [1.29, 1.82) is 0 Å². The van der Waals surface area contributed by atoms with Crippen molar-refractivity contribution in [3.8, 4) is 0 Å². The van der Waals surface area contributed by atoms with Gasteiger partial charge in [0.05, 0.1) is 36.5 Å². The molecular weight excluding hydrogens is 498 g/mol. The molecule has 0 radical (unpaired) electrons. The number of carbonyl (C=O) groups excluding carboxylic acids is 3. The lowest BCUT2D eigenvalue weighted by Crippen LogP contribution is -2.59. The number of carbonyl (C=O) groups is 3. The minimum atomic E-state index is -1.19. The molecule has 0 amide bonds. The first kappa shape index (κ1) is 32.0. The molecule has 0 aromatic rings. The van der Waals surface area contributed by atoms with Gasteiger partial charge in [0.15, 0.2) is 12.4 Å². The van der Waals surface area contributed by atoms with Gasteiger partial charge in [0.25, 0.3) is 0 Å². The summed E-state index contributed by atoms with van der Waals surface area (Å²) in [5.74, 6) is -2.21. The van der Waals surface area contributed by atoms with Gasteiger partial charge in [-0.1, -0.05) is 13.8 Å². The second-order valence-electron chi connectivity index (χ2n) is 11.2. The predicted octanol–water partition coefficient (Wildman–Crippen LogP) is 3.44. The fourth-order valence-corrected chi connectivity index (χ4v) is 5.20. The molecule has 2 rings (SSSR count). The highest BCUT2D eigenvalue weighted by Gasteiger charge is 2.50. The summed E-state index contributed by atoms with van der Waals surface area (Å²) in [6.07, 6.45) is -1.98. The van der Waals surface area contributed by atoms with Gasteiger partial charge in [-0.2, -0.15) is 0 Å². The molecule has 0 unspecified atom stereocenters. The third-order valence-corrected chi connectivity index (χ3v) is 7.20. The average Bonchev–Trinajstić information content (AvgIpc) is 2.84. The van der Waals surface area contributed by atoms with Crippen LogP contribution in [0.4, 0.5) is 4.79 Å². The maximum Gasteiger partial charge on any atom is 0.508 e. The molecule has 1 saturated heterocycles. The van der Waals surface area contributed by atoms with Gasteiger partial charge in [-0.05, 0) is 47.7 Å². The number of hydrogen-bond acceptors (Lipinski definition) is 11. The number of hydrogen-bond donors (Lipinski definition) is 0. The van der Waals surface area contributed by atoms with E-state index in [1.807, 2.05) is 39.8 Å². The van der Waals surface area contributed by atoms with E-state index in [-0.39, 0.29) is 18.1 Å². The highest BCUT2D eigenvalue weighted by atomic mass is 16.8. The largest absolute Gasteiger partial charge is 0.508 e. The Morgan fingerprint density at radius 1 is 1.24 bits per heavy atom. The molecule has 0 N–H and O–H groups in total. The van der Waals surface area contributed by atoms with Gasteiger partial charge in [0.2, 0.25) is 5.79 Å². The second kappa shape index (κ2) is 12.8. The summed E-state index contributed by atoms with van der Waals surface area (Å²) in [5.41, 5.74) is -0.728. The predicted molar refractivity (Wildman–Crippen MR) is 137 cm³/mol. The molecule has 0 bridgehead atoms. The van der Waals surface area contributed by atoms with Crippen LogP contribution in [0.1, 0.15) is 61.3 Å². The number of rotatable bonds is 11. The van der Waals surface area contributed by atoms with Gasteiger partial charge in [-0.3, -0.25) is 0 Å². The maximum absolute atomic E-state index is 12.7. The molecule has 2 heterocycles. The van der Waals surface area contributed by atoms with E-state index in [1.165, 1.54) is 14.2 Å². The van der Waals surface area contributed by atoms with Crippen LogP contribution in [0.25, 0.3) is 0 Å². The zero-order valence-corrected chi connectivity index (χ0v) is 24.6. The van der Waals surface area contributed by atoms with E-state index >= 15 is 0 Å². The van der Waals surface area contributed by atoms with Crippen LogP contribution >= 0.6 is 0 Å². The number of cyclic esters (lactones) is 1. The van der Waals surface area contributed by atoms with E-state index in [4.69, 9.17) is 33.2 Å². The molecule has 2 aliphatic heterocycles. The summed E-state index contributed by atoms with van der Waals surface area (Å²) in [4.78, 5) is 38.5. The Balaban J connectivity index is 2.60. The first-order valence-electron chi connectivity index (χ1n) is 12.9. The van der Waals surface area contributed by atoms with Crippen LogP contribution in [0, 0.1) is 11.8 Å². The standard InChI is InChI=1S/C27H45NO10/c1-15(14-29)13-27(7,33-11)22(17(3)20-18(4)23(30)38-26(5,6)37-20)36-24-21(35-25(31)32-10)19(28(8)9)12-16(2)34-24/h14-17,19,21-22,24H,12-13H2,1-11H3/t15-,16-,17+,19+,21-,22-,24+,27+/m1/s1. The van der Waals surface area contributed by atoms with Crippen LogP contribution in [0.3, 0.4) is 0 Å². The first-order valence-corrected chi connectivity index (χ1v) is 12.9. The van der Waals surface area contributed by atoms with Gasteiger partial charge < -0.3 is 42.9 Å². The van der Waals surface area contributed by atoms with E-state index < -0.39 is 47.9 Å². The van der Waals surface area contributed by atoms with E-state index in [0.717, 1.165) is 6.29 Å². The Morgan fingerprint density at radius 2 is 1.87 bits per heavy atom. The van der Waals surface area contributed by atoms with E-state index in [9.17, 15) is 14.4 Å². The van der Waals surface area contributed by atoms with Crippen molar-refractivity contribution in [3.05, 3.63) is 11.3 Å². The van der Waals surface area contributed by atoms with Crippen LogP contribution in [-0.4, -0.2) is 93.7 Å². The fourth-order valence-electron chi connectivity index (χ4n) is 5.20. The molecule has 0 saturated carbocycles. The summed E-state index contributed by atoms with van der Waals surface area (Å²) in [5, 5.41) is 0. The minimum Gasteiger partial charge on any atom is -0.456 e. The topological polar surface area (TPSA) is 119 Å². The molecule has 218 valence electrons. The van der Waals surface area contributed by atoms with Crippen LogP contribution in [0.15, 0.2) is 11.3 Å². The van der Waals surface area contributed by atoms with Gasteiger partial charge in [0.1, 0.15) is 12.0 Å². The monoisotopic (exact) mass is 543 g/mol. The van der Waals surface area contributed by atoms with Crippen molar-refractivity contribution in [2.45, 2.75) is 103 Å². The third kappa shape index (κ3) is 7.46. The molecule has 0 spiro atoms. The van der Waals surface area contributed by atoms with Gasteiger partial charge in [-0.15, -0.1) is 0 Å². The normalized spacial score (nSPS) is 29.4. The van der Waals surface area contributed by atoms with Crippen LogP contribution in [-0.2, 0) is 42.7 Å². The number of esters is 1. The maximum atomic E-state index is 12.7. The first-order chi connectivity index (χ1) is 17.6. The Kier molecular flexibility index (Phi) is 10.7. The average molecular weight is 544 g/mol. The molecule has 11 heteroatoms. The molecule has 0 aromatic carbocycles. The lowest BCUT2D eigenvalue weighted by atomic mass is 9.80. The number of likely N-dealkylation sites (N-methyl/N-ethyl adjacent to an activating group) is 1. The highest BCUT2D eigenvalue weighted by molar-refractivity contribution is 5.89. The summed E-state index contributed by atoms with van der Waals surface area (Å²) in [6, 6.07) is -0.234. The molecule has 11 nitrogen and oxygen atoms in total. The van der Waals surface area contributed by atoms with Crippen LogP contribution in [0.5, 0.6) is 0 Å². The van der Waals surface area contributed by atoms with Gasteiger partial charge in [-0.25, -0.2) is 9.59 Å². The van der Waals surface area contributed by atoms with Gasteiger partial charge in [0, 0.05) is 32.8 Å².